The van der Waals surface area contributed by atoms with E-state index in [0.717, 1.165) is 5.56 Å². The third-order valence-corrected chi connectivity index (χ3v) is 1.03. The Labute approximate surface area is 89.7 Å². The molecule has 0 aromatic heterocycles. The Hall–Kier alpha value is 0.764. The van der Waals surface area contributed by atoms with E-state index in [1.165, 1.54) is 0 Å². The van der Waals surface area contributed by atoms with E-state index in [0.29, 0.717) is 0 Å². The zero-order chi connectivity index (χ0) is 9.40. The standard InChI is InChI=1S/C7H8O.3ClH.Ti/c8-6-7-4-2-1-3-5-7;;;;/h1-5,8H,6H2;3*1H;/q;;;;+3/p-3. The average molecular weight is 262 g/mol. The number of hydrogen-bond donors (Lipinski definition) is 1. The Balaban J connectivity index is 0.000000261. The van der Waals surface area contributed by atoms with Crippen LogP contribution in [0.1, 0.15) is 5.56 Å². The van der Waals surface area contributed by atoms with Gasteiger partial charge < -0.3 is 5.11 Å². The molecule has 0 heterocycles. The summed E-state index contributed by atoms with van der Waals surface area (Å²) in [5, 5.41) is 8.54. The SMILES string of the molecule is OCc1ccccc1.[Cl][Ti]([Cl])[Cl]. The first-order valence-electron chi connectivity index (χ1n) is 3.15. The molecule has 0 saturated heterocycles. The van der Waals surface area contributed by atoms with Crippen LogP contribution >= 0.6 is 27.9 Å². The van der Waals surface area contributed by atoms with Gasteiger partial charge in [0.15, 0.2) is 0 Å². The zero-order valence-electron chi connectivity index (χ0n) is 6.17. The van der Waals surface area contributed by atoms with Crippen molar-refractivity contribution in [2.45, 2.75) is 6.61 Å². The van der Waals surface area contributed by atoms with Crippen LogP contribution in [0.3, 0.4) is 0 Å². The molecule has 1 nitrogen and oxygen atoms in total. The Morgan fingerprint density at radius 1 is 1.08 bits per heavy atom. The number of aliphatic hydroxyl groups is 1. The molecule has 0 aliphatic rings. The Morgan fingerprint density at radius 3 is 1.75 bits per heavy atom. The maximum absolute atomic E-state index is 8.54. The molecule has 0 radical (unpaired) electrons. The van der Waals surface area contributed by atoms with Gasteiger partial charge in [-0.25, -0.2) is 0 Å². The van der Waals surface area contributed by atoms with E-state index < -0.39 is 14.7 Å². The van der Waals surface area contributed by atoms with Crippen LogP contribution in [0, 0.1) is 0 Å². The summed E-state index contributed by atoms with van der Waals surface area (Å²) in [6.45, 7) is 0.140. The van der Waals surface area contributed by atoms with Crippen molar-refractivity contribution in [3.63, 3.8) is 0 Å². The molecule has 0 fully saturated rings. The summed E-state index contributed by atoms with van der Waals surface area (Å²) in [6.07, 6.45) is 0. The van der Waals surface area contributed by atoms with Gasteiger partial charge in [-0.3, -0.25) is 0 Å². The van der Waals surface area contributed by atoms with E-state index in [-0.39, 0.29) is 6.61 Å². The van der Waals surface area contributed by atoms with Crippen molar-refractivity contribution in [3.05, 3.63) is 35.9 Å². The molecule has 0 spiro atoms. The fourth-order valence-corrected chi connectivity index (χ4v) is 0.583. The fraction of sp³-hybridized carbons (Fsp3) is 0.143. The van der Waals surface area contributed by atoms with Gasteiger partial charge in [-0.1, -0.05) is 30.3 Å². The van der Waals surface area contributed by atoms with Gasteiger partial charge in [0.1, 0.15) is 0 Å². The number of hydrogen-bond acceptors (Lipinski definition) is 1. The van der Waals surface area contributed by atoms with Gasteiger partial charge in [-0.2, -0.15) is 0 Å². The number of halogens is 3. The van der Waals surface area contributed by atoms with E-state index in [2.05, 4.69) is 0 Å². The number of aliphatic hydroxyl groups excluding tert-OH is 1. The van der Waals surface area contributed by atoms with Crippen LogP contribution in [-0.4, -0.2) is 5.11 Å². The van der Waals surface area contributed by atoms with Crippen LogP contribution in [0.2, 0.25) is 0 Å². The van der Waals surface area contributed by atoms with Crippen LogP contribution in [0.5, 0.6) is 0 Å². The van der Waals surface area contributed by atoms with E-state index in [1.54, 1.807) is 0 Å². The molecule has 0 bridgehead atoms. The topological polar surface area (TPSA) is 20.2 Å². The second-order valence-electron chi connectivity index (χ2n) is 1.86. The van der Waals surface area contributed by atoms with Crippen LogP contribution in [0.4, 0.5) is 0 Å². The third-order valence-electron chi connectivity index (χ3n) is 1.03. The second kappa shape index (κ2) is 8.37. The predicted octanol–water partition coefficient (Wildman–Crippen LogP) is 3.24. The van der Waals surface area contributed by atoms with Gasteiger partial charge in [0, 0.05) is 0 Å². The molecular formula is C7H8Cl3OTi. The molecular weight excluding hydrogens is 254 g/mol. The molecule has 0 saturated carbocycles. The van der Waals surface area contributed by atoms with Crippen molar-refractivity contribution in [2.75, 3.05) is 0 Å². The van der Waals surface area contributed by atoms with E-state index in [9.17, 15) is 0 Å². The predicted molar refractivity (Wildman–Crippen MR) is 49.9 cm³/mol. The molecule has 0 amide bonds. The van der Waals surface area contributed by atoms with Crippen molar-refractivity contribution in [2.24, 2.45) is 0 Å². The summed E-state index contributed by atoms with van der Waals surface area (Å²) >= 11 is -1.92. The Morgan fingerprint density at radius 2 is 1.50 bits per heavy atom. The number of rotatable bonds is 1. The molecule has 0 unspecified atom stereocenters. The van der Waals surface area contributed by atoms with Crippen molar-refractivity contribution in [1.29, 1.82) is 0 Å². The van der Waals surface area contributed by atoms with Crippen molar-refractivity contribution in [1.82, 2.24) is 0 Å². The third kappa shape index (κ3) is 8.86. The molecule has 12 heavy (non-hydrogen) atoms. The average Bonchev–Trinajstić information content (AvgIpc) is 2.05. The van der Waals surface area contributed by atoms with Gasteiger partial charge in [0.05, 0.1) is 6.61 Å². The quantitative estimate of drug-likeness (QED) is 0.770. The molecule has 0 aliphatic carbocycles. The minimum atomic E-state index is -1.92. The summed E-state index contributed by atoms with van der Waals surface area (Å²) in [5.41, 5.74) is 0.965. The zero-order valence-corrected chi connectivity index (χ0v) is 10.0. The summed E-state index contributed by atoms with van der Waals surface area (Å²) in [4.78, 5) is 0. The van der Waals surface area contributed by atoms with Gasteiger partial charge in [-0.05, 0) is 5.56 Å². The first-order chi connectivity index (χ1) is 5.66. The molecule has 1 rings (SSSR count). The molecule has 0 atom stereocenters. The van der Waals surface area contributed by atoms with Crippen LogP contribution in [0.15, 0.2) is 30.3 Å². The Kier molecular flexibility index (Phi) is 8.90. The molecule has 1 N–H and O–H groups in total. The molecule has 5 heteroatoms. The molecule has 67 valence electrons. The van der Waals surface area contributed by atoms with Crippen molar-refractivity contribution < 1.29 is 19.8 Å². The number of benzene rings is 1. The van der Waals surface area contributed by atoms with Gasteiger partial charge >= 0.3 is 42.6 Å². The Bertz CT molecular complexity index is 190. The van der Waals surface area contributed by atoms with E-state index >= 15 is 0 Å². The van der Waals surface area contributed by atoms with Crippen LogP contribution in [0.25, 0.3) is 0 Å². The maximum atomic E-state index is 8.54. The first kappa shape index (κ1) is 12.8. The van der Waals surface area contributed by atoms with E-state index in [1.807, 2.05) is 30.3 Å². The van der Waals surface area contributed by atoms with Gasteiger partial charge in [0.25, 0.3) is 0 Å². The molecule has 1 aromatic carbocycles. The van der Waals surface area contributed by atoms with Crippen LogP contribution < -0.4 is 0 Å². The second-order valence-corrected chi connectivity index (χ2v) is 9.60. The fourth-order valence-electron chi connectivity index (χ4n) is 0.583. The summed E-state index contributed by atoms with van der Waals surface area (Å²) < 4.78 is 0. The van der Waals surface area contributed by atoms with Gasteiger partial charge in [0.2, 0.25) is 0 Å². The first-order valence-corrected chi connectivity index (χ1v) is 9.59. The normalized spacial score (nSPS) is 8.33. The molecule has 0 aliphatic heterocycles. The van der Waals surface area contributed by atoms with E-state index in [4.69, 9.17) is 33.0 Å². The van der Waals surface area contributed by atoms with Crippen molar-refractivity contribution in [3.8, 4) is 0 Å². The monoisotopic (exact) mass is 261 g/mol. The minimum absolute atomic E-state index is 0.140. The summed E-state index contributed by atoms with van der Waals surface area (Å²) in [6, 6.07) is 9.52. The summed E-state index contributed by atoms with van der Waals surface area (Å²) in [5.74, 6) is 0. The van der Waals surface area contributed by atoms with Crippen molar-refractivity contribution >= 4 is 27.9 Å². The molecule has 1 aromatic rings. The van der Waals surface area contributed by atoms with Crippen LogP contribution in [-0.2, 0) is 21.3 Å². The summed E-state index contributed by atoms with van der Waals surface area (Å²) in [7, 11) is 14.9. The van der Waals surface area contributed by atoms with Gasteiger partial charge in [-0.15, -0.1) is 0 Å².